The van der Waals surface area contributed by atoms with Crippen molar-refractivity contribution in [3.63, 3.8) is 0 Å². The Hall–Kier alpha value is -6.99. The van der Waals surface area contributed by atoms with Gasteiger partial charge < -0.3 is 50.0 Å². The summed E-state index contributed by atoms with van der Waals surface area (Å²) in [5.74, 6) is -1.59. The molecule has 6 aromatic rings. The van der Waals surface area contributed by atoms with Gasteiger partial charge in [0, 0.05) is 59.0 Å². The van der Waals surface area contributed by atoms with Crippen LogP contribution in [0.4, 0.5) is 17.6 Å². The minimum Gasteiger partial charge on any atom is -0.476 e. The number of methoxy groups -OCH3 is 1. The van der Waals surface area contributed by atoms with Gasteiger partial charge in [0.15, 0.2) is 53.3 Å². The van der Waals surface area contributed by atoms with Crippen molar-refractivity contribution in [3.8, 4) is 0 Å². The molecule has 35 heteroatoms. The molecule has 0 spiro atoms. The van der Waals surface area contributed by atoms with Crippen molar-refractivity contribution in [2.24, 2.45) is 69.5 Å². The van der Waals surface area contributed by atoms with Crippen LogP contribution in [0.1, 0.15) is 195 Å². The van der Waals surface area contributed by atoms with E-state index in [4.69, 9.17) is 62.2 Å². The molecule has 6 aromatic carbocycles. The van der Waals surface area contributed by atoms with Crippen LogP contribution in [0.5, 0.6) is 0 Å². The van der Waals surface area contributed by atoms with E-state index in [1.807, 2.05) is 20.8 Å². The van der Waals surface area contributed by atoms with E-state index in [0.717, 1.165) is 74.0 Å². The zero-order valence-electron chi connectivity index (χ0n) is 76.6. The third kappa shape index (κ3) is 40.2. The molecule has 0 aliphatic heterocycles. The van der Waals surface area contributed by atoms with Gasteiger partial charge in [-0.1, -0.05) is 150 Å². The summed E-state index contributed by atoms with van der Waals surface area (Å²) in [7, 11) is -10.7. The summed E-state index contributed by atoms with van der Waals surface area (Å²) in [5, 5.41) is 30.2. The minimum absolute atomic E-state index is 0. The standard InChI is InChI=1S/2C18H15S.C17H22F2O8S.C15H21ClO3.C11H18O.C5H7ClO3.3C3H8O.C3H8.C2H2F2O5S.H2O.Ti/c2*1-4-10-16(11-5-1)19(17-12-6-2-7-13-17)18-14-8-3-9-15-18;18-17(19,28(23,24)25)15(22)26-8-13(20)4-14(21)27-9-16-5-10-1-11(6-16)3-12(2-10)7-16;16-8-13(17)4-14(18)19-9-15-5-10-1-11(6-15)3-12(2-10)7-15;12-7-11-4-8-1-9(5-11)3-10(2-8)6-11;1-9-5(8)2-4(7)3-6;3*1-2-3-4;1-3-2;3-2(4,1(5)6)10(7,8)9;;/h2*1-15H;10-12H,1-9H2,(H,23,24,25);10-12H,1-9H2;8-10,12H,1-7H2;2-3H2,1H3;3*4H,2-3H2,1H3;3H2,1-2H3;(H,5,6)(H,7,8,9);1H2;/q2*+1;;;;;;;;;;;. The first-order chi connectivity index (χ1) is 62.2. The number of carboxylic acid groups (broad SMARTS) is 1. The Morgan fingerprint density at radius 3 is 0.774 bits per heavy atom. The maximum absolute atomic E-state index is 13.0. The number of benzene rings is 6. The average Bonchev–Trinajstić information content (AvgIpc) is 0.757. The largest absolute Gasteiger partial charge is 0.476 e. The van der Waals surface area contributed by atoms with Gasteiger partial charge in [0.1, 0.15) is 19.3 Å². The fraction of sp³-hybridized carbons (Fsp3) is 0.551. The second-order valence-corrected chi connectivity index (χ2v) is 42.5. The Labute approximate surface area is 811 Å². The predicted molar refractivity (Wildman–Crippen MR) is 499 cm³/mol. The molecule has 738 valence electrons. The van der Waals surface area contributed by atoms with E-state index in [-0.39, 0.29) is 103 Å². The summed E-state index contributed by atoms with van der Waals surface area (Å²) in [4.78, 5) is 95.4. The second-order valence-electron chi connectivity index (χ2n) is 35.0. The van der Waals surface area contributed by atoms with Gasteiger partial charge in [-0.05, 0) is 266 Å². The number of aliphatic hydroxyl groups excluding tert-OH is 4. The molecule has 12 saturated carbocycles. The Bertz CT molecular complexity index is 4220. The van der Waals surface area contributed by atoms with E-state index in [9.17, 15) is 77.9 Å². The molecule has 0 unspecified atom stereocenters. The van der Waals surface area contributed by atoms with Crippen LogP contribution in [0, 0.1) is 69.5 Å². The molecule has 0 heterocycles. The summed E-state index contributed by atoms with van der Waals surface area (Å²) < 4.78 is 124. The van der Waals surface area contributed by atoms with Gasteiger partial charge in [0.05, 0.1) is 53.9 Å². The summed E-state index contributed by atoms with van der Waals surface area (Å²) in [5.41, 5.74) is 0.584. The number of Topliss-reactive ketones (excluding diaryl/α,β-unsaturated/α-hetero) is 3. The van der Waals surface area contributed by atoms with E-state index in [1.165, 1.54) is 139 Å². The molecule has 18 rings (SSSR count). The molecule has 12 bridgehead atoms. The smallest absolute Gasteiger partial charge is 0.465 e. The maximum Gasteiger partial charge on any atom is 0.465 e. The number of ether oxygens (including phenoxy) is 4. The van der Waals surface area contributed by atoms with Crippen LogP contribution in [0.3, 0.4) is 0 Å². The fourth-order valence-electron chi connectivity index (χ4n) is 19.3. The maximum atomic E-state index is 13.0. The molecule has 0 saturated heterocycles. The first-order valence-corrected chi connectivity index (χ1v) is 51.0. The van der Waals surface area contributed by atoms with Gasteiger partial charge in [-0.2, -0.15) is 34.4 Å². The van der Waals surface area contributed by atoms with Crippen molar-refractivity contribution in [1.29, 1.82) is 0 Å². The Morgan fingerprint density at radius 2 is 0.594 bits per heavy atom. The minimum atomic E-state index is -6.01. The molecule has 0 radical (unpaired) electrons. The summed E-state index contributed by atoms with van der Waals surface area (Å²) >= 11 is 10.5. The number of carboxylic acids is 1. The number of esters is 4. The molecular weight excluding hydrogens is 1880 g/mol. The Kier molecular flexibility index (Phi) is 54.8. The van der Waals surface area contributed by atoms with E-state index < -0.39 is 79.4 Å². The molecule has 0 atom stereocenters. The SMILES string of the molecule is CCC.CCCO.CCCO.CCCO.COC(=O)CC(=O)CCl.O.O=C(CCl)CC(=O)OCC12CC3CC(CC(C3)C1)C2.O=C(COC(=O)C(F)(F)S(=O)(=O)O)CC(=O)OCC12CC3CC(CC(C3)C1)C2.O=C(O)C(F)(F)S(=O)(=O)O.OCC12CC3CC(CC(C3)C1)C2.[Ti].c1ccc([S+](c2ccccc2)c2ccccc2)cc1.c1ccc([S+](c2ccccc2)c2ccccc2)cc1. The van der Waals surface area contributed by atoms with Crippen LogP contribution in [-0.4, -0.2) is 180 Å². The van der Waals surface area contributed by atoms with Gasteiger partial charge in [-0.3, -0.25) is 37.9 Å². The number of rotatable bonds is 28. The average molecular weight is 2020 g/mol. The number of aliphatic hydroxyl groups is 4. The van der Waals surface area contributed by atoms with Gasteiger partial charge >= 0.3 is 60.6 Å². The number of aliphatic carboxylic acids is 1. The number of carbonyl (C=O) groups excluding carboxylic acids is 7. The van der Waals surface area contributed by atoms with Crippen LogP contribution in [-0.2, 0) is 121 Å². The topological polar surface area (TPSA) is 415 Å². The van der Waals surface area contributed by atoms with E-state index in [2.05, 4.69) is 205 Å². The van der Waals surface area contributed by atoms with Crippen LogP contribution < -0.4 is 0 Å². The number of hydrogen-bond donors (Lipinski definition) is 7. The molecule has 12 aliphatic carbocycles. The first-order valence-electron chi connectivity index (χ1n) is 44.6. The molecule has 0 aromatic heterocycles. The first kappa shape index (κ1) is 120. The zero-order valence-corrected chi connectivity index (χ0v) is 83.0. The zero-order chi connectivity index (χ0) is 97.0. The summed E-state index contributed by atoms with van der Waals surface area (Å²) in [6.07, 6.45) is 25.7. The van der Waals surface area contributed by atoms with Crippen molar-refractivity contribution in [3.05, 3.63) is 182 Å². The van der Waals surface area contributed by atoms with Gasteiger partial charge in [0.25, 0.3) is 0 Å². The van der Waals surface area contributed by atoms with Crippen LogP contribution in [0.25, 0.3) is 0 Å². The number of carbonyl (C=O) groups is 8. The van der Waals surface area contributed by atoms with Gasteiger partial charge in [0.2, 0.25) is 0 Å². The van der Waals surface area contributed by atoms with Crippen molar-refractivity contribution in [2.75, 3.05) is 65.1 Å². The number of alkyl halides is 6. The number of hydrogen-bond acceptors (Lipinski definition) is 20. The Balaban J connectivity index is 0.000000397. The van der Waals surface area contributed by atoms with Crippen LogP contribution in [0.15, 0.2) is 211 Å². The normalized spacial score (nSPS) is 22.7. The monoisotopic (exact) mass is 2020 g/mol. The second kappa shape index (κ2) is 60.7. The molecule has 12 aliphatic rings. The molecule has 9 N–H and O–H groups in total. The Morgan fingerprint density at radius 1 is 0.383 bits per heavy atom. The molecule has 0 amide bonds. The van der Waals surface area contributed by atoms with Crippen molar-refractivity contribution in [2.45, 2.75) is 235 Å². The van der Waals surface area contributed by atoms with E-state index in [0.29, 0.717) is 56.2 Å². The molecule has 12 fully saturated rings. The molecule has 24 nitrogen and oxygen atoms in total. The van der Waals surface area contributed by atoms with Gasteiger partial charge in [-0.15, -0.1) is 23.2 Å². The van der Waals surface area contributed by atoms with Crippen LogP contribution in [0.2, 0.25) is 0 Å². The van der Waals surface area contributed by atoms with Crippen molar-refractivity contribution < 1.29 is 154 Å². The van der Waals surface area contributed by atoms with Crippen LogP contribution >= 0.6 is 23.2 Å². The number of halogens is 6. The fourth-order valence-corrected chi connectivity index (χ4v) is 24.2. The number of ketones is 3. The summed E-state index contributed by atoms with van der Waals surface area (Å²) in [6.45, 7) is 11.0. The van der Waals surface area contributed by atoms with E-state index >= 15 is 0 Å². The molecular formula is C98H134Cl2F4O24S4Ti+2. The molecule has 133 heavy (non-hydrogen) atoms. The third-order valence-corrected chi connectivity index (χ3v) is 30.2. The van der Waals surface area contributed by atoms with E-state index in [1.54, 1.807) is 0 Å². The van der Waals surface area contributed by atoms with Gasteiger partial charge in [-0.25, -0.2) is 9.59 Å². The third-order valence-electron chi connectivity index (χ3n) is 23.5. The quantitative estimate of drug-likeness (QED) is 0.00350. The predicted octanol–water partition coefficient (Wildman–Crippen LogP) is 18.1. The summed E-state index contributed by atoms with van der Waals surface area (Å²) in [6, 6.07) is 64.3. The van der Waals surface area contributed by atoms with Crippen molar-refractivity contribution in [1.82, 2.24) is 0 Å². The van der Waals surface area contributed by atoms with Crippen molar-refractivity contribution >= 4 is 112 Å².